The molecule has 0 heterocycles. The molecule has 0 aliphatic carbocycles. The van der Waals surface area contributed by atoms with E-state index in [9.17, 15) is 5.11 Å². The van der Waals surface area contributed by atoms with Gasteiger partial charge in [-0.25, -0.2) is 0 Å². The zero-order valence-corrected chi connectivity index (χ0v) is 7.07. The van der Waals surface area contributed by atoms with E-state index in [-0.39, 0.29) is 11.3 Å². The molecule has 0 spiro atoms. The van der Waals surface area contributed by atoms with Gasteiger partial charge in [-0.05, 0) is 31.0 Å². The summed E-state index contributed by atoms with van der Waals surface area (Å²) in [6.07, 6.45) is -1.61. The lowest BCUT2D eigenvalue weighted by Crippen LogP contribution is -2.00. The van der Waals surface area contributed by atoms with Crippen LogP contribution >= 0.6 is 0 Å². The van der Waals surface area contributed by atoms with Gasteiger partial charge in [-0.3, -0.25) is 0 Å². The Morgan fingerprint density at radius 1 is 1.17 bits per heavy atom. The summed E-state index contributed by atoms with van der Waals surface area (Å²) in [5.41, 5.74) is 1.83. The Kier molecular flexibility index (Phi) is 2.35. The number of aliphatic hydroxyl groups is 2. The van der Waals surface area contributed by atoms with Crippen LogP contribution in [0, 0.1) is 13.8 Å². The highest BCUT2D eigenvalue weighted by Crippen LogP contribution is 2.27. The number of benzene rings is 1. The number of phenolic OH excluding ortho intramolecular Hbond substituents is 1. The summed E-state index contributed by atoms with van der Waals surface area (Å²) in [6.45, 7) is 3.59. The molecule has 3 heteroatoms. The molecular weight excluding hydrogens is 156 g/mol. The number of phenols is 1. The Bertz CT molecular complexity index is 292. The van der Waals surface area contributed by atoms with Gasteiger partial charge in [-0.2, -0.15) is 0 Å². The molecule has 0 bridgehead atoms. The normalized spacial score (nSPS) is 10.8. The Morgan fingerprint density at radius 2 is 1.75 bits per heavy atom. The van der Waals surface area contributed by atoms with E-state index < -0.39 is 6.29 Å². The SMILES string of the molecule is Cc1ccc(O)c(C(O)O)c1C. The summed E-state index contributed by atoms with van der Waals surface area (Å²) in [7, 11) is 0. The lowest BCUT2D eigenvalue weighted by atomic mass is 10.0. The predicted molar refractivity (Wildman–Crippen MR) is 44.8 cm³/mol. The van der Waals surface area contributed by atoms with Crippen LogP contribution in [0.3, 0.4) is 0 Å². The maximum absolute atomic E-state index is 9.27. The zero-order chi connectivity index (χ0) is 9.30. The number of hydrogen-bond acceptors (Lipinski definition) is 3. The van der Waals surface area contributed by atoms with Gasteiger partial charge in [-0.15, -0.1) is 0 Å². The first kappa shape index (κ1) is 9.03. The first-order chi connectivity index (χ1) is 5.54. The van der Waals surface area contributed by atoms with Crippen molar-refractivity contribution in [2.75, 3.05) is 0 Å². The number of aliphatic hydroxyl groups excluding tert-OH is 1. The monoisotopic (exact) mass is 168 g/mol. The summed E-state index contributed by atoms with van der Waals surface area (Å²) in [6, 6.07) is 3.19. The third kappa shape index (κ3) is 1.42. The summed E-state index contributed by atoms with van der Waals surface area (Å²) < 4.78 is 0. The predicted octanol–water partition coefficient (Wildman–Crippen LogP) is 0.992. The second kappa shape index (κ2) is 3.13. The quantitative estimate of drug-likeness (QED) is 0.548. The van der Waals surface area contributed by atoms with E-state index in [0.717, 1.165) is 5.56 Å². The molecule has 0 radical (unpaired) electrons. The van der Waals surface area contributed by atoms with Crippen molar-refractivity contribution in [3.63, 3.8) is 0 Å². The summed E-state index contributed by atoms with van der Waals surface area (Å²) in [4.78, 5) is 0. The van der Waals surface area contributed by atoms with Gasteiger partial charge in [0.1, 0.15) is 5.75 Å². The fourth-order valence-corrected chi connectivity index (χ4v) is 1.15. The standard InChI is InChI=1S/C9H12O3/c1-5-3-4-7(10)8(6(5)2)9(11)12/h3-4,9-12H,1-2H3. The van der Waals surface area contributed by atoms with Crippen LogP contribution < -0.4 is 0 Å². The van der Waals surface area contributed by atoms with Crippen molar-refractivity contribution in [3.05, 3.63) is 28.8 Å². The molecule has 0 fully saturated rings. The van der Waals surface area contributed by atoms with Crippen molar-refractivity contribution in [2.24, 2.45) is 0 Å². The van der Waals surface area contributed by atoms with E-state index in [1.807, 2.05) is 6.92 Å². The molecule has 0 unspecified atom stereocenters. The molecule has 66 valence electrons. The molecular formula is C9H12O3. The molecule has 0 amide bonds. The Labute approximate surface area is 70.9 Å². The second-order valence-corrected chi connectivity index (χ2v) is 2.81. The van der Waals surface area contributed by atoms with Gasteiger partial charge >= 0.3 is 0 Å². The first-order valence-corrected chi connectivity index (χ1v) is 3.69. The van der Waals surface area contributed by atoms with Crippen LogP contribution in [0.1, 0.15) is 23.0 Å². The van der Waals surface area contributed by atoms with Gasteiger partial charge in [0.2, 0.25) is 0 Å². The van der Waals surface area contributed by atoms with Crippen molar-refractivity contribution in [2.45, 2.75) is 20.1 Å². The van der Waals surface area contributed by atoms with Crippen molar-refractivity contribution < 1.29 is 15.3 Å². The van der Waals surface area contributed by atoms with Gasteiger partial charge < -0.3 is 15.3 Å². The summed E-state index contributed by atoms with van der Waals surface area (Å²) >= 11 is 0. The topological polar surface area (TPSA) is 60.7 Å². The molecule has 0 atom stereocenters. The molecule has 1 aromatic carbocycles. The molecule has 1 rings (SSSR count). The zero-order valence-electron chi connectivity index (χ0n) is 7.07. The Morgan fingerprint density at radius 3 is 2.17 bits per heavy atom. The van der Waals surface area contributed by atoms with Crippen molar-refractivity contribution in [1.29, 1.82) is 0 Å². The molecule has 0 aliphatic heterocycles. The van der Waals surface area contributed by atoms with Crippen LogP contribution in [0.15, 0.2) is 12.1 Å². The Balaban J connectivity index is 3.33. The number of rotatable bonds is 1. The summed E-state index contributed by atoms with van der Waals surface area (Å²) in [5, 5.41) is 27.1. The Hall–Kier alpha value is -1.06. The molecule has 0 aliphatic rings. The number of aryl methyl sites for hydroxylation is 1. The van der Waals surface area contributed by atoms with E-state index in [1.165, 1.54) is 6.07 Å². The van der Waals surface area contributed by atoms with E-state index >= 15 is 0 Å². The van der Waals surface area contributed by atoms with Crippen molar-refractivity contribution in [3.8, 4) is 5.75 Å². The van der Waals surface area contributed by atoms with Gasteiger partial charge in [0.15, 0.2) is 6.29 Å². The highest BCUT2D eigenvalue weighted by molar-refractivity contribution is 5.43. The second-order valence-electron chi connectivity index (χ2n) is 2.81. The fourth-order valence-electron chi connectivity index (χ4n) is 1.15. The van der Waals surface area contributed by atoms with Gasteiger partial charge in [0, 0.05) is 0 Å². The number of hydrogen-bond donors (Lipinski definition) is 3. The molecule has 3 N–H and O–H groups in total. The van der Waals surface area contributed by atoms with Crippen LogP contribution in [-0.4, -0.2) is 15.3 Å². The lowest BCUT2D eigenvalue weighted by Gasteiger charge is -2.11. The molecule has 0 saturated carbocycles. The maximum Gasteiger partial charge on any atom is 0.182 e. The molecule has 0 saturated heterocycles. The first-order valence-electron chi connectivity index (χ1n) is 3.69. The number of aromatic hydroxyl groups is 1. The minimum absolute atomic E-state index is 0.0758. The van der Waals surface area contributed by atoms with Crippen LogP contribution in [0.5, 0.6) is 5.75 Å². The minimum atomic E-state index is -1.61. The third-order valence-corrected chi connectivity index (χ3v) is 2.02. The highest BCUT2D eigenvalue weighted by atomic mass is 16.5. The van der Waals surface area contributed by atoms with Crippen LogP contribution in [0.2, 0.25) is 0 Å². The third-order valence-electron chi connectivity index (χ3n) is 2.02. The largest absolute Gasteiger partial charge is 0.507 e. The van der Waals surface area contributed by atoms with Gasteiger partial charge in [0.05, 0.1) is 5.56 Å². The average molecular weight is 168 g/mol. The minimum Gasteiger partial charge on any atom is -0.507 e. The van der Waals surface area contributed by atoms with Crippen LogP contribution in [0.25, 0.3) is 0 Å². The molecule has 3 nitrogen and oxygen atoms in total. The van der Waals surface area contributed by atoms with E-state index in [4.69, 9.17) is 10.2 Å². The highest BCUT2D eigenvalue weighted by Gasteiger charge is 2.12. The van der Waals surface area contributed by atoms with Crippen LogP contribution in [0.4, 0.5) is 0 Å². The van der Waals surface area contributed by atoms with Crippen LogP contribution in [-0.2, 0) is 0 Å². The summed E-state index contributed by atoms with van der Waals surface area (Å²) in [5.74, 6) is -0.0758. The van der Waals surface area contributed by atoms with E-state index in [1.54, 1.807) is 13.0 Å². The smallest absolute Gasteiger partial charge is 0.182 e. The maximum atomic E-state index is 9.27. The fraction of sp³-hybridized carbons (Fsp3) is 0.333. The van der Waals surface area contributed by atoms with Crippen molar-refractivity contribution >= 4 is 0 Å². The molecule has 1 aromatic rings. The lowest BCUT2D eigenvalue weighted by molar-refractivity contribution is -0.0443. The van der Waals surface area contributed by atoms with Gasteiger partial charge in [-0.1, -0.05) is 6.07 Å². The van der Waals surface area contributed by atoms with E-state index in [0.29, 0.717) is 5.56 Å². The van der Waals surface area contributed by atoms with E-state index in [2.05, 4.69) is 0 Å². The molecule has 0 aromatic heterocycles. The average Bonchev–Trinajstić information content (AvgIpc) is 1.97. The van der Waals surface area contributed by atoms with Crippen molar-refractivity contribution in [1.82, 2.24) is 0 Å². The molecule has 12 heavy (non-hydrogen) atoms. The van der Waals surface area contributed by atoms with Gasteiger partial charge in [0.25, 0.3) is 0 Å².